The van der Waals surface area contributed by atoms with Crippen LogP contribution in [0.5, 0.6) is 0 Å². The van der Waals surface area contributed by atoms with Crippen LogP contribution in [0.1, 0.15) is 25.3 Å². The maximum absolute atomic E-state index is 12.7. The Hall–Kier alpha value is -1.88. The van der Waals surface area contributed by atoms with Gasteiger partial charge in [-0.05, 0) is 31.0 Å². The second-order valence-electron chi connectivity index (χ2n) is 6.48. The molecule has 3 rings (SSSR count). The number of carbonyl (C=O) groups is 2. The molecule has 124 valence electrons. The molecule has 2 saturated heterocycles. The van der Waals surface area contributed by atoms with Crippen LogP contribution in [0.3, 0.4) is 0 Å². The quantitative estimate of drug-likeness (QED) is 0.914. The normalized spacial score (nSPS) is 24.3. The van der Waals surface area contributed by atoms with Crippen LogP contribution in [0.2, 0.25) is 0 Å². The Kier molecular flexibility index (Phi) is 4.66. The molecule has 0 saturated carbocycles. The van der Waals surface area contributed by atoms with Gasteiger partial charge in [0.05, 0.1) is 5.92 Å². The molecule has 2 unspecified atom stereocenters. The van der Waals surface area contributed by atoms with Crippen molar-refractivity contribution in [2.45, 2.75) is 32.2 Å². The first-order valence-electron chi connectivity index (χ1n) is 8.47. The summed E-state index contributed by atoms with van der Waals surface area (Å²) < 4.78 is 0. The van der Waals surface area contributed by atoms with E-state index in [0.29, 0.717) is 13.0 Å². The number of rotatable bonds is 4. The predicted octanol–water partition coefficient (Wildman–Crippen LogP) is 1.42. The smallest absolute Gasteiger partial charge is 0.228 e. The number of benzene rings is 1. The van der Waals surface area contributed by atoms with E-state index >= 15 is 0 Å². The van der Waals surface area contributed by atoms with E-state index in [1.165, 1.54) is 0 Å². The monoisotopic (exact) mass is 315 g/mol. The number of likely N-dealkylation sites (N-methyl/N-ethyl adjacent to an activating group) is 1. The molecule has 0 bridgehead atoms. The van der Waals surface area contributed by atoms with Gasteiger partial charge >= 0.3 is 0 Å². The van der Waals surface area contributed by atoms with E-state index in [0.717, 1.165) is 37.2 Å². The highest BCUT2D eigenvalue weighted by molar-refractivity contribution is 6.00. The Bertz CT molecular complexity index is 596. The van der Waals surface area contributed by atoms with Gasteiger partial charge in [-0.1, -0.05) is 25.1 Å². The Labute approximate surface area is 137 Å². The molecule has 1 N–H and O–H groups in total. The number of hydrogen-bond acceptors (Lipinski definition) is 3. The van der Waals surface area contributed by atoms with Gasteiger partial charge in [-0.25, -0.2) is 0 Å². The van der Waals surface area contributed by atoms with Gasteiger partial charge in [0.15, 0.2) is 0 Å². The minimum atomic E-state index is -0.224. The zero-order valence-corrected chi connectivity index (χ0v) is 13.9. The molecule has 1 aromatic carbocycles. The number of amides is 2. The molecule has 2 aliphatic rings. The SMILES string of the molecule is CCc1ccccc1N1CC(C(=O)N(C)C2CCNC2)CC1=O. The lowest BCUT2D eigenvalue weighted by molar-refractivity contribution is -0.136. The molecule has 2 heterocycles. The van der Waals surface area contributed by atoms with Crippen molar-refractivity contribution < 1.29 is 9.59 Å². The molecule has 5 heteroatoms. The van der Waals surface area contributed by atoms with Crippen LogP contribution in [-0.2, 0) is 16.0 Å². The van der Waals surface area contributed by atoms with E-state index < -0.39 is 0 Å². The zero-order valence-electron chi connectivity index (χ0n) is 13.9. The van der Waals surface area contributed by atoms with Gasteiger partial charge in [0.2, 0.25) is 11.8 Å². The number of nitrogens with one attached hydrogen (secondary N) is 1. The molecule has 2 amide bonds. The van der Waals surface area contributed by atoms with Crippen molar-refractivity contribution in [2.75, 3.05) is 31.6 Å². The van der Waals surface area contributed by atoms with Crippen LogP contribution < -0.4 is 10.2 Å². The highest BCUT2D eigenvalue weighted by atomic mass is 16.2. The summed E-state index contributed by atoms with van der Waals surface area (Å²) in [6.45, 7) is 4.40. The first-order chi connectivity index (χ1) is 11.1. The van der Waals surface area contributed by atoms with E-state index in [-0.39, 0.29) is 23.8 Å². The van der Waals surface area contributed by atoms with Crippen LogP contribution >= 0.6 is 0 Å². The topological polar surface area (TPSA) is 52.7 Å². The van der Waals surface area contributed by atoms with Crippen LogP contribution in [0.4, 0.5) is 5.69 Å². The molecule has 2 aliphatic heterocycles. The Balaban J connectivity index is 1.73. The van der Waals surface area contributed by atoms with Crippen molar-refractivity contribution in [3.05, 3.63) is 29.8 Å². The average Bonchev–Trinajstić information content (AvgIpc) is 3.23. The molecule has 0 spiro atoms. The molecule has 2 fully saturated rings. The molecule has 2 atom stereocenters. The summed E-state index contributed by atoms with van der Waals surface area (Å²) in [4.78, 5) is 28.8. The summed E-state index contributed by atoms with van der Waals surface area (Å²) in [5.41, 5.74) is 2.11. The molecule has 0 radical (unpaired) electrons. The highest BCUT2D eigenvalue weighted by Crippen LogP contribution is 2.29. The van der Waals surface area contributed by atoms with Gasteiger partial charge in [0.25, 0.3) is 0 Å². The third-order valence-electron chi connectivity index (χ3n) is 5.07. The van der Waals surface area contributed by atoms with E-state index in [9.17, 15) is 9.59 Å². The second kappa shape index (κ2) is 6.71. The molecular formula is C18H25N3O2. The minimum Gasteiger partial charge on any atom is -0.341 e. The third kappa shape index (κ3) is 3.11. The number of nitrogens with zero attached hydrogens (tertiary/aromatic N) is 2. The minimum absolute atomic E-state index is 0.0576. The fraction of sp³-hybridized carbons (Fsp3) is 0.556. The van der Waals surface area contributed by atoms with Gasteiger partial charge in [-0.15, -0.1) is 0 Å². The van der Waals surface area contributed by atoms with Gasteiger partial charge in [-0.2, -0.15) is 0 Å². The van der Waals surface area contributed by atoms with Gasteiger partial charge < -0.3 is 15.1 Å². The molecule has 0 aromatic heterocycles. The molecule has 5 nitrogen and oxygen atoms in total. The third-order valence-corrected chi connectivity index (χ3v) is 5.07. The lowest BCUT2D eigenvalue weighted by Gasteiger charge is -2.26. The van der Waals surface area contributed by atoms with Crippen molar-refractivity contribution in [1.82, 2.24) is 10.2 Å². The lowest BCUT2D eigenvalue weighted by atomic mass is 10.1. The first kappa shape index (κ1) is 16.0. The van der Waals surface area contributed by atoms with Gasteiger partial charge in [-0.3, -0.25) is 9.59 Å². The number of anilines is 1. The van der Waals surface area contributed by atoms with Crippen LogP contribution in [0, 0.1) is 5.92 Å². The average molecular weight is 315 g/mol. The van der Waals surface area contributed by atoms with Crippen LogP contribution in [-0.4, -0.2) is 49.4 Å². The van der Waals surface area contributed by atoms with Gasteiger partial charge in [0, 0.05) is 38.3 Å². The molecular weight excluding hydrogens is 290 g/mol. The van der Waals surface area contributed by atoms with E-state index in [4.69, 9.17) is 0 Å². The summed E-state index contributed by atoms with van der Waals surface area (Å²) in [6, 6.07) is 8.23. The predicted molar refractivity (Wildman–Crippen MR) is 90.3 cm³/mol. The highest BCUT2D eigenvalue weighted by Gasteiger charge is 2.38. The van der Waals surface area contributed by atoms with Crippen molar-refractivity contribution in [3.63, 3.8) is 0 Å². The van der Waals surface area contributed by atoms with Crippen LogP contribution in [0.15, 0.2) is 24.3 Å². The number of hydrogen-bond donors (Lipinski definition) is 1. The van der Waals surface area contributed by atoms with E-state index in [1.807, 2.05) is 36.2 Å². The van der Waals surface area contributed by atoms with Gasteiger partial charge in [0.1, 0.15) is 0 Å². The second-order valence-corrected chi connectivity index (χ2v) is 6.48. The van der Waals surface area contributed by atoms with Crippen LogP contribution in [0.25, 0.3) is 0 Å². The fourth-order valence-electron chi connectivity index (χ4n) is 3.62. The maximum Gasteiger partial charge on any atom is 0.228 e. The summed E-state index contributed by atoms with van der Waals surface area (Å²) in [7, 11) is 1.87. The van der Waals surface area contributed by atoms with Crippen molar-refractivity contribution in [2.24, 2.45) is 5.92 Å². The van der Waals surface area contributed by atoms with Crippen molar-refractivity contribution in [3.8, 4) is 0 Å². The maximum atomic E-state index is 12.7. The summed E-state index contributed by atoms with van der Waals surface area (Å²) >= 11 is 0. The molecule has 1 aromatic rings. The van der Waals surface area contributed by atoms with Crippen molar-refractivity contribution in [1.29, 1.82) is 0 Å². The number of para-hydroxylation sites is 1. The Morgan fingerprint density at radius 2 is 2.17 bits per heavy atom. The fourth-order valence-corrected chi connectivity index (χ4v) is 3.62. The molecule has 0 aliphatic carbocycles. The zero-order chi connectivity index (χ0) is 16.4. The molecule has 23 heavy (non-hydrogen) atoms. The largest absolute Gasteiger partial charge is 0.341 e. The Morgan fingerprint density at radius 1 is 1.39 bits per heavy atom. The van der Waals surface area contributed by atoms with E-state index in [1.54, 1.807) is 4.90 Å². The number of carbonyl (C=O) groups excluding carboxylic acids is 2. The lowest BCUT2D eigenvalue weighted by Crippen LogP contribution is -2.42. The Morgan fingerprint density at radius 3 is 2.87 bits per heavy atom. The summed E-state index contributed by atoms with van der Waals surface area (Å²) in [6.07, 6.45) is 2.19. The van der Waals surface area contributed by atoms with E-state index in [2.05, 4.69) is 12.2 Å². The summed E-state index contributed by atoms with van der Waals surface area (Å²) in [5.74, 6) is -0.0660. The van der Waals surface area contributed by atoms with Crippen molar-refractivity contribution >= 4 is 17.5 Å². The standard InChI is InChI=1S/C18H25N3O2/c1-3-13-6-4-5-7-16(13)21-12-14(10-17(21)22)18(23)20(2)15-8-9-19-11-15/h4-7,14-15,19H,3,8-12H2,1-2H3. The number of aryl methyl sites for hydroxylation is 1. The first-order valence-corrected chi connectivity index (χ1v) is 8.47. The summed E-state index contributed by atoms with van der Waals surface area (Å²) in [5, 5.41) is 3.29.